The van der Waals surface area contributed by atoms with Gasteiger partial charge in [-0.1, -0.05) is 0 Å². The first kappa shape index (κ1) is 12.9. The Bertz CT molecular complexity index is 821. The lowest BCUT2D eigenvalue weighted by atomic mass is 10.2. The highest BCUT2D eigenvalue weighted by Gasteiger charge is 2.13. The van der Waals surface area contributed by atoms with Crippen molar-refractivity contribution < 1.29 is 15.0 Å². The van der Waals surface area contributed by atoms with E-state index in [0.717, 1.165) is 11.8 Å². The third kappa shape index (κ3) is 2.48. The van der Waals surface area contributed by atoms with Crippen molar-refractivity contribution in [3.63, 3.8) is 0 Å². The molecule has 2 aromatic heterocycles. The van der Waals surface area contributed by atoms with Gasteiger partial charge >= 0.3 is 0 Å². The first-order chi connectivity index (χ1) is 10.0. The van der Waals surface area contributed by atoms with Crippen LogP contribution in [0.3, 0.4) is 0 Å². The molecule has 2 heterocycles. The molecule has 0 unspecified atom stereocenters. The van der Waals surface area contributed by atoms with Crippen molar-refractivity contribution in [2.75, 3.05) is 5.32 Å². The van der Waals surface area contributed by atoms with Gasteiger partial charge in [0.1, 0.15) is 11.5 Å². The zero-order valence-corrected chi connectivity index (χ0v) is 11.1. The zero-order chi connectivity index (χ0) is 15.0. The van der Waals surface area contributed by atoms with Gasteiger partial charge in [-0.15, -0.1) is 0 Å². The van der Waals surface area contributed by atoms with Gasteiger partial charge in [0.2, 0.25) is 0 Å². The van der Waals surface area contributed by atoms with Crippen molar-refractivity contribution in [2.45, 2.75) is 6.92 Å². The zero-order valence-electron chi connectivity index (χ0n) is 11.1. The summed E-state index contributed by atoms with van der Waals surface area (Å²) in [5.74, 6) is -0.533. The number of anilines is 1. The van der Waals surface area contributed by atoms with E-state index in [9.17, 15) is 15.0 Å². The van der Waals surface area contributed by atoms with Crippen molar-refractivity contribution in [3.05, 3.63) is 41.6 Å². The lowest BCUT2D eigenvalue weighted by molar-refractivity contribution is 0.102. The average Bonchev–Trinajstić information content (AvgIpc) is 2.80. The van der Waals surface area contributed by atoms with Gasteiger partial charge in [-0.25, -0.2) is 4.98 Å². The van der Waals surface area contributed by atoms with Crippen LogP contribution in [0.2, 0.25) is 0 Å². The van der Waals surface area contributed by atoms with Crippen molar-refractivity contribution in [2.24, 2.45) is 0 Å². The van der Waals surface area contributed by atoms with Gasteiger partial charge < -0.3 is 15.5 Å². The van der Waals surface area contributed by atoms with Gasteiger partial charge in [-0.05, 0) is 31.2 Å². The summed E-state index contributed by atoms with van der Waals surface area (Å²) in [5.41, 5.74) is 1.54. The lowest BCUT2D eigenvalue weighted by Crippen LogP contribution is -2.12. The van der Waals surface area contributed by atoms with E-state index >= 15 is 0 Å². The van der Waals surface area contributed by atoms with Crippen LogP contribution in [0.25, 0.3) is 11.0 Å². The molecule has 21 heavy (non-hydrogen) atoms. The summed E-state index contributed by atoms with van der Waals surface area (Å²) in [6, 6.07) is 7.27. The molecule has 0 saturated carbocycles. The summed E-state index contributed by atoms with van der Waals surface area (Å²) < 4.78 is 0. The van der Waals surface area contributed by atoms with Crippen LogP contribution < -0.4 is 5.32 Å². The Kier molecular flexibility index (Phi) is 2.94. The normalized spacial score (nSPS) is 10.7. The second-order valence-electron chi connectivity index (χ2n) is 4.61. The summed E-state index contributed by atoms with van der Waals surface area (Å²) in [6.45, 7) is 1.86. The molecule has 7 nitrogen and oxygen atoms in total. The quantitative estimate of drug-likeness (QED) is 0.574. The van der Waals surface area contributed by atoms with Gasteiger partial charge in [0, 0.05) is 17.3 Å². The molecule has 0 fully saturated rings. The molecule has 0 atom stereocenters. The van der Waals surface area contributed by atoms with Gasteiger partial charge in [-0.2, -0.15) is 5.10 Å². The number of phenols is 2. The highest BCUT2D eigenvalue weighted by atomic mass is 16.3. The Morgan fingerprint density at radius 1 is 1.19 bits per heavy atom. The van der Waals surface area contributed by atoms with E-state index in [1.807, 2.05) is 13.0 Å². The number of aryl methyl sites for hydroxylation is 1. The molecule has 106 valence electrons. The van der Waals surface area contributed by atoms with E-state index in [1.54, 1.807) is 6.07 Å². The fourth-order valence-electron chi connectivity index (χ4n) is 2.00. The van der Waals surface area contributed by atoms with Gasteiger partial charge in [0.15, 0.2) is 11.5 Å². The van der Waals surface area contributed by atoms with Crippen LogP contribution in [0.15, 0.2) is 30.3 Å². The van der Waals surface area contributed by atoms with Crippen LogP contribution in [0.1, 0.15) is 16.1 Å². The number of H-pyrrole nitrogens is 1. The first-order valence-electron chi connectivity index (χ1n) is 6.19. The third-order valence-electron chi connectivity index (χ3n) is 2.96. The van der Waals surface area contributed by atoms with Gasteiger partial charge in [0.25, 0.3) is 5.91 Å². The molecule has 0 aliphatic heterocycles. The summed E-state index contributed by atoms with van der Waals surface area (Å²) >= 11 is 0. The minimum Gasteiger partial charge on any atom is -0.508 e. The van der Waals surface area contributed by atoms with Crippen molar-refractivity contribution in [3.8, 4) is 11.5 Å². The Morgan fingerprint density at radius 3 is 2.62 bits per heavy atom. The van der Waals surface area contributed by atoms with E-state index in [1.165, 1.54) is 12.1 Å². The number of aromatic nitrogens is 3. The van der Waals surface area contributed by atoms with E-state index in [2.05, 4.69) is 20.5 Å². The Labute approximate surface area is 119 Å². The fourth-order valence-corrected chi connectivity index (χ4v) is 2.00. The van der Waals surface area contributed by atoms with E-state index in [4.69, 9.17) is 0 Å². The Balaban J connectivity index is 1.92. The number of nitrogens with one attached hydrogen (secondary N) is 2. The number of nitrogens with zero attached hydrogens (tertiary/aromatic N) is 2. The van der Waals surface area contributed by atoms with Crippen LogP contribution in [0.4, 0.5) is 5.82 Å². The number of aromatic amines is 1. The van der Waals surface area contributed by atoms with Crippen molar-refractivity contribution >= 4 is 22.8 Å². The lowest BCUT2D eigenvalue weighted by Gasteiger charge is -2.04. The number of fused-ring (bicyclic) bond motifs is 1. The third-order valence-corrected chi connectivity index (χ3v) is 2.96. The maximum absolute atomic E-state index is 12.1. The summed E-state index contributed by atoms with van der Waals surface area (Å²) in [6.07, 6.45) is 0. The van der Waals surface area contributed by atoms with E-state index in [0.29, 0.717) is 16.9 Å². The van der Waals surface area contributed by atoms with Gasteiger partial charge in [-0.3, -0.25) is 9.89 Å². The minimum absolute atomic E-state index is 0.128. The van der Waals surface area contributed by atoms with Crippen molar-refractivity contribution in [1.82, 2.24) is 15.2 Å². The number of carbonyl (C=O) groups excluding carboxylic acids is 1. The number of hydrogen-bond acceptors (Lipinski definition) is 5. The largest absolute Gasteiger partial charge is 0.508 e. The fraction of sp³-hybridized carbons (Fsp3) is 0.0714. The SMILES string of the molecule is Cc1ccc2c(NC(=O)c3cc(O)cc(O)c3)n[nH]c2n1. The topological polar surface area (TPSA) is 111 Å². The average molecular weight is 284 g/mol. The molecular formula is C14H12N4O3. The van der Waals surface area contributed by atoms with Crippen LogP contribution in [0.5, 0.6) is 11.5 Å². The molecule has 4 N–H and O–H groups in total. The van der Waals surface area contributed by atoms with Crippen LogP contribution >= 0.6 is 0 Å². The Hall–Kier alpha value is -3.09. The molecule has 7 heteroatoms. The standard InChI is InChI=1S/C14H12N4O3/c1-7-2-3-11-12(15-7)17-18-13(11)16-14(21)8-4-9(19)6-10(20)5-8/h2-6,19-20H,1H3,(H2,15,16,17,18,21). The molecule has 3 rings (SSSR count). The molecule has 1 aromatic carbocycles. The predicted octanol–water partition coefficient (Wildman–Crippen LogP) is 1.93. The maximum Gasteiger partial charge on any atom is 0.257 e. The summed E-state index contributed by atoms with van der Waals surface area (Å²) in [7, 11) is 0. The summed E-state index contributed by atoms with van der Waals surface area (Å²) in [5, 5.41) is 28.8. The number of rotatable bonds is 2. The number of carbonyl (C=O) groups is 1. The Morgan fingerprint density at radius 2 is 1.90 bits per heavy atom. The minimum atomic E-state index is -0.491. The molecule has 0 spiro atoms. The molecule has 0 aliphatic rings. The maximum atomic E-state index is 12.1. The molecular weight excluding hydrogens is 272 g/mol. The predicted molar refractivity (Wildman–Crippen MR) is 76.4 cm³/mol. The van der Waals surface area contributed by atoms with E-state index < -0.39 is 5.91 Å². The monoisotopic (exact) mass is 284 g/mol. The number of pyridine rings is 1. The number of aromatic hydroxyl groups is 2. The van der Waals surface area contributed by atoms with Crippen LogP contribution in [-0.4, -0.2) is 31.3 Å². The molecule has 0 saturated heterocycles. The number of hydrogen-bond donors (Lipinski definition) is 4. The second kappa shape index (κ2) is 4.78. The number of phenolic OH excluding ortho intramolecular Hbond substituents is 2. The second-order valence-corrected chi connectivity index (χ2v) is 4.61. The van der Waals surface area contributed by atoms with E-state index in [-0.39, 0.29) is 17.1 Å². The smallest absolute Gasteiger partial charge is 0.257 e. The highest BCUT2D eigenvalue weighted by Crippen LogP contribution is 2.23. The molecule has 0 radical (unpaired) electrons. The molecule has 0 bridgehead atoms. The molecule has 3 aromatic rings. The van der Waals surface area contributed by atoms with Crippen molar-refractivity contribution in [1.29, 1.82) is 0 Å². The summed E-state index contributed by atoms with van der Waals surface area (Å²) in [4.78, 5) is 16.4. The number of benzene rings is 1. The van der Waals surface area contributed by atoms with Crippen LogP contribution in [-0.2, 0) is 0 Å². The van der Waals surface area contributed by atoms with Gasteiger partial charge in [0.05, 0.1) is 5.39 Å². The van der Waals surface area contributed by atoms with Crippen LogP contribution in [0, 0.1) is 6.92 Å². The molecule has 0 aliphatic carbocycles. The number of amides is 1. The molecule has 1 amide bonds. The first-order valence-corrected chi connectivity index (χ1v) is 6.19. The highest BCUT2D eigenvalue weighted by molar-refractivity contribution is 6.07.